The molecule has 1 fully saturated rings. The third kappa shape index (κ3) is 5.14. The van der Waals surface area contributed by atoms with Crippen molar-refractivity contribution < 1.29 is 14.0 Å². The lowest BCUT2D eigenvalue weighted by molar-refractivity contribution is -0.123. The van der Waals surface area contributed by atoms with Crippen molar-refractivity contribution in [3.63, 3.8) is 0 Å². The maximum atomic E-state index is 13.8. The van der Waals surface area contributed by atoms with Crippen molar-refractivity contribution in [2.75, 3.05) is 32.7 Å². The van der Waals surface area contributed by atoms with Crippen molar-refractivity contribution in [3.8, 4) is 0 Å². The third-order valence-corrected chi connectivity index (χ3v) is 7.97. The number of nitrogens with one attached hydrogen (secondary N) is 1. The van der Waals surface area contributed by atoms with Crippen LogP contribution in [0.4, 0.5) is 4.39 Å². The second-order valence-corrected chi connectivity index (χ2v) is 11.0. The van der Waals surface area contributed by atoms with Crippen LogP contribution in [-0.2, 0) is 11.3 Å². The van der Waals surface area contributed by atoms with E-state index >= 15 is 0 Å². The van der Waals surface area contributed by atoms with Crippen molar-refractivity contribution in [2.24, 2.45) is 0 Å². The van der Waals surface area contributed by atoms with Crippen molar-refractivity contribution in [1.29, 1.82) is 0 Å². The zero-order valence-corrected chi connectivity index (χ0v) is 20.8. The normalized spacial score (nSPS) is 19.4. The highest BCUT2D eigenvalue weighted by Crippen LogP contribution is 2.46. The first-order valence-electron chi connectivity index (χ1n) is 9.40. The number of amides is 1. The van der Waals surface area contributed by atoms with Crippen LogP contribution in [0.3, 0.4) is 0 Å². The van der Waals surface area contributed by atoms with Crippen molar-refractivity contribution in [2.45, 2.75) is 19.0 Å². The minimum atomic E-state index is -0.274. The second kappa shape index (κ2) is 10.2. The Hall–Kier alpha value is -0.840. The highest BCUT2D eigenvalue weighted by atomic mass is 79.9. The molecule has 2 heterocycles. The molecule has 2 aromatic rings. The molecule has 0 spiro atoms. The summed E-state index contributed by atoms with van der Waals surface area (Å²) in [6, 6.07) is 6.57. The molecule has 0 radical (unpaired) electrons. The van der Waals surface area contributed by atoms with Gasteiger partial charge >= 0.3 is 0 Å². The lowest BCUT2D eigenvalue weighted by atomic mass is 10.1. The molecule has 1 N–H and O–H groups in total. The molecule has 4 rings (SSSR count). The molecule has 1 unspecified atom stereocenters. The van der Waals surface area contributed by atoms with Gasteiger partial charge in [0.25, 0.3) is 0 Å². The van der Waals surface area contributed by atoms with Crippen LogP contribution in [-0.4, -0.2) is 54.2 Å². The van der Waals surface area contributed by atoms with Gasteiger partial charge in [-0.05, 0) is 37.9 Å². The first kappa shape index (κ1) is 23.8. The number of thiophene rings is 1. The highest BCUT2D eigenvalue weighted by Gasteiger charge is 2.36. The Morgan fingerprint density at radius 3 is 2.50 bits per heavy atom. The Morgan fingerprint density at radius 2 is 1.80 bits per heavy atom. The van der Waals surface area contributed by atoms with E-state index in [-0.39, 0.29) is 36.0 Å². The molecule has 1 aliphatic heterocycles. The smallest absolute Gasteiger partial charge is 0.234 e. The van der Waals surface area contributed by atoms with Crippen LogP contribution in [0.5, 0.6) is 0 Å². The Bertz CT molecular complexity index is 950. The zero-order chi connectivity index (χ0) is 20.5. The first-order valence-corrected chi connectivity index (χ1v) is 11.8. The monoisotopic (exact) mass is 579 g/mol. The minimum Gasteiger partial charge on any atom is -0.348 e. The van der Waals surface area contributed by atoms with E-state index in [0.717, 1.165) is 39.3 Å². The van der Waals surface area contributed by atoms with Gasteiger partial charge in [0.2, 0.25) is 5.91 Å². The van der Waals surface area contributed by atoms with E-state index in [1.165, 1.54) is 17.4 Å². The molecule has 1 aliphatic carbocycles. The number of hydrogen-bond donors (Lipinski definition) is 1. The number of hydrogen-bond acceptors (Lipinski definition) is 5. The predicted molar refractivity (Wildman–Crippen MR) is 125 cm³/mol. The van der Waals surface area contributed by atoms with E-state index in [9.17, 15) is 14.0 Å². The van der Waals surface area contributed by atoms with E-state index in [1.807, 2.05) is 12.1 Å². The standard InChI is InChI=1S/C20H20Br2FN3O2S.ClH/c21-19-17-14(9-15(27)18(17)20(22)29-19)24-16(28)11-26-7-5-25(6-8-26)10-12-3-1-2-4-13(12)23;/h1-4,14H,5-11H2,(H,24,28);1H. The number of fused-ring (bicyclic) bond motifs is 1. The van der Waals surface area contributed by atoms with E-state index in [4.69, 9.17) is 0 Å². The number of piperazine rings is 1. The molecule has 2 aliphatic rings. The molecule has 0 bridgehead atoms. The third-order valence-electron chi connectivity index (χ3n) is 5.39. The number of nitrogens with zero attached hydrogens (tertiary/aromatic N) is 2. The van der Waals surface area contributed by atoms with E-state index in [2.05, 4.69) is 47.0 Å². The molecule has 1 saturated heterocycles. The van der Waals surface area contributed by atoms with Crippen LogP contribution in [0.1, 0.15) is 33.9 Å². The molecular formula is C20H21Br2ClFN3O2S. The Morgan fingerprint density at radius 1 is 1.13 bits per heavy atom. The van der Waals surface area contributed by atoms with Gasteiger partial charge < -0.3 is 5.32 Å². The van der Waals surface area contributed by atoms with E-state index in [1.54, 1.807) is 6.07 Å². The number of halogens is 4. The van der Waals surface area contributed by atoms with Crippen LogP contribution in [0, 0.1) is 5.82 Å². The van der Waals surface area contributed by atoms with Gasteiger partial charge in [-0.3, -0.25) is 19.4 Å². The molecule has 162 valence electrons. The van der Waals surface area contributed by atoms with Crippen LogP contribution in [0.25, 0.3) is 0 Å². The Kier molecular flexibility index (Phi) is 8.09. The van der Waals surface area contributed by atoms with Gasteiger partial charge in [0.15, 0.2) is 5.78 Å². The molecule has 1 amide bonds. The fourth-order valence-corrected chi connectivity index (χ4v) is 7.26. The average Bonchev–Trinajstić information content (AvgIpc) is 3.16. The van der Waals surface area contributed by atoms with Gasteiger partial charge in [0.05, 0.1) is 20.2 Å². The second-order valence-electron chi connectivity index (χ2n) is 7.33. The molecule has 1 aromatic heterocycles. The van der Waals surface area contributed by atoms with Gasteiger partial charge in [-0.2, -0.15) is 0 Å². The summed E-state index contributed by atoms with van der Waals surface area (Å²) in [6.07, 6.45) is 0.303. The van der Waals surface area contributed by atoms with Gasteiger partial charge in [-0.1, -0.05) is 18.2 Å². The lowest BCUT2D eigenvalue weighted by Crippen LogP contribution is -2.49. The fourth-order valence-electron chi connectivity index (χ4n) is 3.89. The van der Waals surface area contributed by atoms with Crippen LogP contribution < -0.4 is 5.32 Å². The topological polar surface area (TPSA) is 52.7 Å². The number of benzene rings is 1. The number of carbonyl (C=O) groups excluding carboxylic acids is 2. The van der Waals surface area contributed by atoms with E-state index < -0.39 is 0 Å². The molecule has 30 heavy (non-hydrogen) atoms. The van der Waals surface area contributed by atoms with E-state index in [0.29, 0.717) is 30.6 Å². The Balaban J connectivity index is 0.00000256. The highest BCUT2D eigenvalue weighted by molar-refractivity contribution is 9.12. The minimum absolute atomic E-state index is 0. The Labute approximate surface area is 201 Å². The van der Waals surface area contributed by atoms with Gasteiger partial charge in [0, 0.05) is 55.8 Å². The SMILES string of the molecule is Cl.O=C(CN1CCN(Cc2ccccc2F)CC1)NC1CC(=O)c2c(Br)sc(Br)c21. The van der Waals surface area contributed by atoms with Crippen LogP contribution in [0.15, 0.2) is 31.8 Å². The molecule has 10 heteroatoms. The average molecular weight is 582 g/mol. The van der Waals surface area contributed by atoms with Crippen LogP contribution >= 0.6 is 55.6 Å². The predicted octanol–water partition coefficient (Wildman–Crippen LogP) is 4.40. The largest absolute Gasteiger partial charge is 0.348 e. The van der Waals surface area contributed by atoms with Gasteiger partial charge in [0.1, 0.15) is 5.82 Å². The molecule has 5 nitrogen and oxygen atoms in total. The summed E-state index contributed by atoms with van der Waals surface area (Å²) in [5, 5.41) is 3.02. The maximum absolute atomic E-state index is 13.8. The fraction of sp³-hybridized carbons (Fsp3) is 0.400. The molecule has 1 aromatic carbocycles. The van der Waals surface area contributed by atoms with Crippen molar-refractivity contribution >= 4 is 67.3 Å². The molecule has 1 atom stereocenters. The van der Waals surface area contributed by atoms with Gasteiger partial charge in [-0.15, -0.1) is 23.7 Å². The number of ketones is 1. The summed E-state index contributed by atoms with van der Waals surface area (Å²) in [7, 11) is 0. The number of Topliss-reactive ketones (excluding diaryl/α,β-unsaturated/α-hetero) is 1. The lowest BCUT2D eigenvalue weighted by Gasteiger charge is -2.34. The summed E-state index contributed by atoms with van der Waals surface area (Å²) < 4.78 is 15.5. The quantitative estimate of drug-likeness (QED) is 0.569. The number of rotatable bonds is 5. The summed E-state index contributed by atoms with van der Waals surface area (Å²) in [4.78, 5) is 29.1. The molecule has 0 saturated carbocycles. The summed E-state index contributed by atoms with van der Waals surface area (Å²) in [6.45, 7) is 3.97. The summed E-state index contributed by atoms with van der Waals surface area (Å²) >= 11 is 8.40. The van der Waals surface area contributed by atoms with Crippen molar-refractivity contribution in [3.05, 3.63) is 54.3 Å². The van der Waals surface area contributed by atoms with Crippen molar-refractivity contribution in [1.82, 2.24) is 15.1 Å². The van der Waals surface area contributed by atoms with Crippen LogP contribution in [0.2, 0.25) is 0 Å². The zero-order valence-electron chi connectivity index (χ0n) is 16.0. The number of carbonyl (C=O) groups is 2. The first-order chi connectivity index (χ1) is 13.9. The maximum Gasteiger partial charge on any atom is 0.234 e. The van der Waals surface area contributed by atoms with Gasteiger partial charge in [-0.25, -0.2) is 4.39 Å². The summed E-state index contributed by atoms with van der Waals surface area (Å²) in [5.41, 5.74) is 2.27. The molecular weight excluding hydrogens is 561 g/mol. The summed E-state index contributed by atoms with van der Waals surface area (Å²) in [5.74, 6) is -0.195.